The Hall–Kier alpha value is -1.00. The quantitative estimate of drug-likeness (QED) is 0.906. The summed E-state index contributed by atoms with van der Waals surface area (Å²) in [5.74, 6) is 0.367. The van der Waals surface area contributed by atoms with Gasteiger partial charge in [0.1, 0.15) is 11.6 Å². The molecular weight excluding hydrogens is 296 g/mol. The van der Waals surface area contributed by atoms with E-state index in [2.05, 4.69) is 21.2 Å². The molecule has 1 aromatic heterocycles. The Bertz CT molecular complexity index is 500. The lowest BCUT2D eigenvalue weighted by Gasteiger charge is -2.06. The Balaban J connectivity index is 2.10. The molecule has 0 radical (unpaired) electrons. The van der Waals surface area contributed by atoms with Crippen LogP contribution in [0, 0.1) is 5.82 Å². The van der Waals surface area contributed by atoms with Gasteiger partial charge in [0.15, 0.2) is 0 Å². The average molecular weight is 305 g/mol. The summed E-state index contributed by atoms with van der Waals surface area (Å²) < 4.78 is 19.4. The molecule has 1 aromatic carbocycles. The van der Waals surface area contributed by atoms with Gasteiger partial charge in [0.2, 0.25) is 0 Å². The smallest absolute Gasteiger partial charge is 0.146 e. The highest BCUT2D eigenvalue weighted by atomic mass is 79.9. The van der Waals surface area contributed by atoms with E-state index in [4.69, 9.17) is 16.0 Å². The van der Waals surface area contributed by atoms with E-state index in [1.807, 2.05) is 0 Å². The van der Waals surface area contributed by atoms with E-state index in [1.54, 1.807) is 12.3 Å². The molecule has 2 nitrogen and oxygen atoms in total. The number of anilines is 1. The van der Waals surface area contributed by atoms with E-state index >= 15 is 0 Å². The van der Waals surface area contributed by atoms with Crippen molar-refractivity contribution >= 4 is 33.2 Å². The summed E-state index contributed by atoms with van der Waals surface area (Å²) in [5, 5.41) is 3.40. The van der Waals surface area contributed by atoms with Gasteiger partial charge in [-0.2, -0.15) is 0 Å². The molecule has 1 N–H and O–H groups in total. The van der Waals surface area contributed by atoms with Crippen LogP contribution in [0.2, 0.25) is 5.02 Å². The van der Waals surface area contributed by atoms with Crippen molar-refractivity contribution in [3.8, 4) is 0 Å². The molecule has 0 unspecified atom stereocenters. The van der Waals surface area contributed by atoms with Gasteiger partial charge >= 0.3 is 0 Å². The number of hydrogen-bond donors (Lipinski definition) is 1. The molecule has 0 spiro atoms. The van der Waals surface area contributed by atoms with Crippen molar-refractivity contribution in [1.29, 1.82) is 0 Å². The maximum Gasteiger partial charge on any atom is 0.146 e. The van der Waals surface area contributed by atoms with Gasteiger partial charge in [-0.25, -0.2) is 4.39 Å². The minimum Gasteiger partial charge on any atom is -0.466 e. The van der Waals surface area contributed by atoms with Crippen molar-refractivity contribution in [3.05, 3.63) is 51.6 Å². The van der Waals surface area contributed by atoms with Gasteiger partial charge in [0.25, 0.3) is 0 Å². The Morgan fingerprint density at radius 1 is 1.38 bits per heavy atom. The molecule has 2 aromatic rings. The number of rotatable bonds is 3. The van der Waals surface area contributed by atoms with Crippen molar-refractivity contribution in [2.24, 2.45) is 0 Å². The predicted octanol–water partition coefficient (Wildman–Crippen LogP) is 4.45. The molecular formula is C11H8BrClFNO. The largest absolute Gasteiger partial charge is 0.466 e. The minimum atomic E-state index is -0.341. The molecule has 2 rings (SSSR count). The standard InChI is InChI=1S/C11H8BrClFNO/c12-8-3-4-16-11(8)6-15-10-5-7(13)1-2-9(10)14/h1-5,15H,6H2. The maximum absolute atomic E-state index is 13.3. The lowest BCUT2D eigenvalue weighted by atomic mass is 10.3. The van der Waals surface area contributed by atoms with E-state index in [0.29, 0.717) is 23.0 Å². The Morgan fingerprint density at radius 3 is 2.88 bits per heavy atom. The highest BCUT2D eigenvalue weighted by Gasteiger charge is 2.06. The van der Waals surface area contributed by atoms with Gasteiger partial charge < -0.3 is 9.73 Å². The molecule has 0 aliphatic carbocycles. The van der Waals surface area contributed by atoms with Crippen LogP contribution >= 0.6 is 27.5 Å². The zero-order chi connectivity index (χ0) is 11.5. The minimum absolute atomic E-state index is 0.341. The Labute approximate surface area is 106 Å². The molecule has 5 heteroatoms. The summed E-state index contributed by atoms with van der Waals surface area (Å²) in [7, 11) is 0. The predicted molar refractivity (Wildman–Crippen MR) is 65.1 cm³/mol. The van der Waals surface area contributed by atoms with Gasteiger partial charge in [0.05, 0.1) is 23.0 Å². The van der Waals surface area contributed by atoms with Gasteiger partial charge in [-0.15, -0.1) is 0 Å². The topological polar surface area (TPSA) is 25.2 Å². The van der Waals surface area contributed by atoms with Crippen molar-refractivity contribution in [3.63, 3.8) is 0 Å². The highest BCUT2D eigenvalue weighted by molar-refractivity contribution is 9.10. The lowest BCUT2D eigenvalue weighted by molar-refractivity contribution is 0.515. The van der Waals surface area contributed by atoms with Crippen LogP contribution in [0.4, 0.5) is 10.1 Å². The first-order valence-corrected chi connectivity index (χ1v) is 5.74. The zero-order valence-corrected chi connectivity index (χ0v) is 10.5. The van der Waals surface area contributed by atoms with Crippen molar-refractivity contribution in [1.82, 2.24) is 0 Å². The second kappa shape index (κ2) is 4.89. The zero-order valence-electron chi connectivity index (χ0n) is 8.14. The summed E-state index contributed by atoms with van der Waals surface area (Å²) in [6.45, 7) is 0.394. The fourth-order valence-electron chi connectivity index (χ4n) is 1.26. The van der Waals surface area contributed by atoms with Crippen LogP contribution < -0.4 is 5.32 Å². The highest BCUT2D eigenvalue weighted by Crippen LogP contribution is 2.22. The molecule has 84 valence electrons. The van der Waals surface area contributed by atoms with Gasteiger partial charge in [-0.05, 0) is 40.2 Å². The molecule has 0 aliphatic rings. The van der Waals surface area contributed by atoms with Gasteiger partial charge in [-0.1, -0.05) is 11.6 Å². The number of halogens is 3. The first kappa shape index (κ1) is 11.5. The lowest BCUT2D eigenvalue weighted by Crippen LogP contribution is -2.00. The molecule has 0 amide bonds. The third-order valence-electron chi connectivity index (χ3n) is 2.06. The summed E-state index contributed by atoms with van der Waals surface area (Å²) in [4.78, 5) is 0. The van der Waals surface area contributed by atoms with E-state index in [1.165, 1.54) is 18.2 Å². The molecule has 0 fully saturated rings. The van der Waals surface area contributed by atoms with Crippen molar-refractivity contribution in [2.45, 2.75) is 6.54 Å². The number of furan rings is 1. The van der Waals surface area contributed by atoms with E-state index < -0.39 is 0 Å². The van der Waals surface area contributed by atoms with Crippen LogP contribution in [0.5, 0.6) is 0 Å². The van der Waals surface area contributed by atoms with Crippen LogP contribution in [0.1, 0.15) is 5.76 Å². The second-order valence-corrected chi connectivity index (χ2v) is 4.46. The Kier molecular flexibility index (Phi) is 3.51. The molecule has 0 saturated carbocycles. The number of benzene rings is 1. The van der Waals surface area contributed by atoms with Crippen LogP contribution in [0.25, 0.3) is 0 Å². The molecule has 0 aliphatic heterocycles. The molecule has 16 heavy (non-hydrogen) atoms. The van der Waals surface area contributed by atoms with Crippen molar-refractivity contribution in [2.75, 3.05) is 5.32 Å². The molecule has 0 saturated heterocycles. The third kappa shape index (κ3) is 2.57. The molecule has 0 bridgehead atoms. The first-order chi connectivity index (χ1) is 7.66. The second-order valence-electron chi connectivity index (χ2n) is 3.17. The van der Waals surface area contributed by atoms with Crippen LogP contribution in [-0.4, -0.2) is 0 Å². The first-order valence-electron chi connectivity index (χ1n) is 4.57. The SMILES string of the molecule is Fc1ccc(Cl)cc1NCc1occc1Br. The van der Waals surface area contributed by atoms with E-state index in [-0.39, 0.29) is 5.82 Å². The summed E-state index contributed by atoms with van der Waals surface area (Å²) in [6, 6.07) is 6.14. The summed E-state index contributed by atoms with van der Waals surface area (Å²) in [6.07, 6.45) is 1.56. The number of nitrogens with one attached hydrogen (secondary N) is 1. The van der Waals surface area contributed by atoms with Gasteiger partial charge in [0, 0.05) is 5.02 Å². The van der Waals surface area contributed by atoms with E-state index in [9.17, 15) is 4.39 Å². The van der Waals surface area contributed by atoms with Crippen LogP contribution in [0.15, 0.2) is 39.4 Å². The molecule has 1 heterocycles. The van der Waals surface area contributed by atoms with E-state index in [0.717, 1.165) is 4.47 Å². The summed E-state index contributed by atoms with van der Waals surface area (Å²) >= 11 is 9.09. The normalized spacial score (nSPS) is 10.4. The van der Waals surface area contributed by atoms with Crippen LogP contribution in [-0.2, 0) is 6.54 Å². The third-order valence-corrected chi connectivity index (χ3v) is 3.00. The summed E-state index contributed by atoms with van der Waals surface area (Å²) in [5.41, 5.74) is 0.357. The molecule has 0 atom stereocenters. The maximum atomic E-state index is 13.3. The van der Waals surface area contributed by atoms with Crippen molar-refractivity contribution < 1.29 is 8.81 Å². The number of hydrogen-bond acceptors (Lipinski definition) is 2. The fourth-order valence-corrected chi connectivity index (χ4v) is 1.77. The Morgan fingerprint density at radius 2 is 2.19 bits per heavy atom. The average Bonchev–Trinajstić information content (AvgIpc) is 2.66. The fraction of sp³-hybridized carbons (Fsp3) is 0.0909. The van der Waals surface area contributed by atoms with Crippen LogP contribution in [0.3, 0.4) is 0 Å². The monoisotopic (exact) mass is 303 g/mol. The van der Waals surface area contributed by atoms with Gasteiger partial charge in [-0.3, -0.25) is 0 Å².